The lowest BCUT2D eigenvalue weighted by atomic mass is 9.96. The first-order valence-corrected chi connectivity index (χ1v) is 6.55. The molecule has 1 aliphatic rings. The number of aryl methyl sites for hydroxylation is 1. The summed E-state index contributed by atoms with van der Waals surface area (Å²) in [5.74, 6) is -0.346. The van der Waals surface area contributed by atoms with Gasteiger partial charge >= 0.3 is 5.97 Å². The fraction of sp³-hybridized carbons (Fsp3) is 0.176. The van der Waals surface area contributed by atoms with Gasteiger partial charge in [0.1, 0.15) is 6.10 Å². The minimum Gasteiger partial charge on any atom is -0.453 e. The normalized spacial score (nSPS) is 16.6. The summed E-state index contributed by atoms with van der Waals surface area (Å²) in [4.78, 5) is 24.1. The van der Waals surface area contributed by atoms with Crippen molar-refractivity contribution >= 4 is 11.8 Å². The maximum absolute atomic E-state index is 12.2. The maximum atomic E-state index is 12.2. The molecule has 3 nitrogen and oxygen atoms in total. The van der Waals surface area contributed by atoms with Crippen molar-refractivity contribution in [3.8, 4) is 0 Å². The van der Waals surface area contributed by atoms with E-state index < -0.39 is 6.10 Å². The van der Waals surface area contributed by atoms with Crippen molar-refractivity contribution in [1.82, 2.24) is 0 Å². The summed E-state index contributed by atoms with van der Waals surface area (Å²) >= 11 is 0. The molecule has 2 aromatic carbocycles. The van der Waals surface area contributed by atoms with Crippen molar-refractivity contribution in [2.75, 3.05) is 0 Å². The van der Waals surface area contributed by atoms with Crippen LogP contribution in [0.4, 0.5) is 0 Å². The minimum absolute atomic E-state index is 0.0160. The molecule has 0 bridgehead atoms. The molecule has 0 fully saturated rings. The van der Waals surface area contributed by atoms with E-state index >= 15 is 0 Å². The Bertz CT molecular complexity index is 674. The van der Waals surface area contributed by atoms with Crippen LogP contribution in [0.5, 0.6) is 0 Å². The Labute approximate surface area is 117 Å². The van der Waals surface area contributed by atoms with Gasteiger partial charge in [0.25, 0.3) is 0 Å². The molecule has 1 heterocycles. The molecule has 3 heteroatoms. The smallest absolute Gasteiger partial charge is 0.339 e. The molecule has 0 aliphatic carbocycles. The van der Waals surface area contributed by atoms with Crippen molar-refractivity contribution in [2.45, 2.75) is 19.4 Å². The molecular weight excluding hydrogens is 252 g/mol. The Balaban J connectivity index is 1.86. The zero-order valence-electron chi connectivity index (χ0n) is 11.1. The number of rotatable bonds is 3. The van der Waals surface area contributed by atoms with Crippen LogP contribution in [-0.4, -0.2) is 11.8 Å². The molecule has 1 aliphatic heterocycles. The van der Waals surface area contributed by atoms with Gasteiger partial charge in [0, 0.05) is 11.1 Å². The highest BCUT2D eigenvalue weighted by Crippen LogP contribution is 2.35. The molecule has 0 saturated heterocycles. The molecule has 0 N–H and O–H groups in total. The third-order valence-corrected chi connectivity index (χ3v) is 3.57. The lowest BCUT2D eigenvalue weighted by Crippen LogP contribution is -2.07. The van der Waals surface area contributed by atoms with E-state index in [0.29, 0.717) is 11.1 Å². The van der Waals surface area contributed by atoms with E-state index in [2.05, 4.69) is 0 Å². The number of Topliss-reactive ketones (excluding diaryl/α,β-unsaturated/α-hetero) is 1. The van der Waals surface area contributed by atoms with Crippen molar-refractivity contribution in [3.63, 3.8) is 0 Å². The molecule has 0 unspecified atom stereocenters. The van der Waals surface area contributed by atoms with E-state index in [-0.39, 0.29) is 18.2 Å². The molecule has 2 aromatic rings. The Morgan fingerprint density at radius 3 is 2.60 bits per heavy atom. The van der Waals surface area contributed by atoms with Crippen LogP contribution in [0.25, 0.3) is 0 Å². The predicted molar refractivity (Wildman–Crippen MR) is 74.7 cm³/mol. The monoisotopic (exact) mass is 266 g/mol. The van der Waals surface area contributed by atoms with Gasteiger partial charge in [-0.3, -0.25) is 4.79 Å². The molecule has 100 valence electrons. The lowest BCUT2D eigenvalue weighted by Gasteiger charge is -2.09. The van der Waals surface area contributed by atoms with Crippen LogP contribution >= 0.6 is 0 Å². The fourth-order valence-electron chi connectivity index (χ4n) is 2.55. The van der Waals surface area contributed by atoms with Gasteiger partial charge in [0.05, 0.1) is 12.0 Å². The lowest BCUT2D eigenvalue weighted by molar-refractivity contribution is 0.0367. The number of benzene rings is 2. The number of hydrogen-bond donors (Lipinski definition) is 0. The molecule has 0 aromatic heterocycles. The van der Waals surface area contributed by atoms with Crippen LogP contribution in [-0.2, 0) is 4.74 Å². The zero-order valence-corrected chi connectivity index (χ0v) is 11.1. The Kier molecular flexibility index (Phi) is 3.11. The van der Waals surface area contributed by atoms with Crippen molar-refractivity contribution in [1.29, 1.82) is 0 Å². The Morgan fingerprint density at radius 2 is 1.85 bits per heavy atom. The second kappa shape index (κ2) is 4.93. The number of carbonyl (C=O) groups is 2. The van der Waals surface area contributed by atoms with E-state index in [1.54, 1.807) is 12.1 Å². The largest absolute Gasteiger partial charge is 0.453 e. The summed E-state index contributed by atoms with van der Waals surface area (Å²) in [6.07, 6.45) is -0.281. The van der Waals surface area contributed by atoms with E-state index in [4.69, 9.17) is 4.74 Å². The number of ether oxygens (including phenoxy) is 1. The first-order chi connectivity index (χ1) is 9.66. The van der Waals surface area contributed by atoms with Crippen LogP contribution in [0, 0.1) is 6.92 Å². The number of cyclic esters (lactones) is 1. The summed E-state index contributed by atoms with van der Waals surface area (Å²) < 4.78 is 5.34. The van der Waals surface area contributed by atoms with E-state index in [1.165, 1.54) is 0 Å². The molecule has 0 saturated carbocycles. The van der Waals surface area contributed by atoms with Crippen molar-refractivity contribution in [3.05, 3.63) is 70.8 Å². The van der Waals surface area contributed by atoms with Gasteiger partial charge in [-0.2, -0.15) is 0 Å². The Morgan fingerprint density at radius 1 is 1.10 bits per heavy atom. The first kappa shape index (κ1) is 12.6. The second-order valence-electron chi connectivity index (χ2n) is 4.93. The van der Waals surface area contributed by atoms with E-state index in [0.717, 1.165) is 11.1 Å². The van der Waals surface area contributed by atoms with Gasteiger partial charge in [0.15, 0.2) is 5.78 Å². The van der Waals surface area contributed by atoms with Gasteiger partial charge in [-0.15, -0.1) is 0 Å². The van der Waals surface area contributed by atoms with Crippen LogP contribution in [0.1, 0.15) is 44.4 Å². The molecule has 0 spiro atoms. The average molecular weight is 266 g/mol. The zero-order chi connectivity index (χ0) is 14.1. The predicted octanol–water partition coefficient (Wildman–Crippen LogP) is 3.48. The highest BCUT2D eigenvalue weighted by atomic mass is 16.5. The number of fused-ring (bicyclic) bond motifs is 1. The number of ketones is 1. The number of hydrogen-bond acceptors (Lipinski definition) is 3. The third kappa shape index (κ3) is 2.11. The van der Waals surface area contributed by atoms with Crippen LogP contribution in [0.15, 0.2) is 48.5 Å². The van der Waals surface area contributed by atoms with E-state index in [1.807, 2.05) is 43.3 Å². The molecule has 0 amide bonds. The minimum atomic E-state index is -0.467. The van der Waals surface area contributed by atoms with Gasteiger partial charge in [-0.25, -0.2) is 4.79 Å². The Hall–Kier alpha value is -2.42. The van der Waals surface area contributed by atoms with Crippen LogP contribution < -0.4 is 0 Å². The summed E-state index contributed by atoms with van der Waals surface area (Å²) in [6, 6.07) is 14.7. The first-order valence-electron chi connectivity index (χ1n) is 6.55. The summed E-state index contributed by atoms with van der Waals surface area (Å²) in [7, 11) is 0. The molecule has 1 atom stereocenters. The maximum Gasteiger partial charge on any atom is 0.339 e. The average Bonchev–Trinajstić information content (AvgIpc) is 2.77. The number of carbonyl (C=O) groups excluding carboxylic acids is 2. The second-order valence-corrected chi connectivity index (χ2v) is 4.93. The summed E-state index contributed by atoms with van der Waals surface area (Å²) in [5, 5.41) is 0. The van der Waals surface area contributed by atoms with Gasteiger partial charge in [0.2, 0.25) is 0 Å². The molecule has 0 radical (unpaired) electrons. The highest BCUT2D eigenvalue weighted by Gasteiger charge is 2.33. The van der Waals surface area contributed by atoms with Crippen molar-refractivity contribution in [2.24, 2.45) is 0 Å². The van der Waals surface area contributed by atoms with Crippen LogP contribution in [0.2, 0.25) is 0 Å². The SMILES string of the molecule is Cc1cccc2c1C(=O)O[C@@H]2CC(=O)c1ccccc1. The van der Waals surface area contributed by atoms with Gasteiger partial charge in [-0.05, 0) is 12.5 Å². The number of esters is 1. The quantitative estimate of drug-likeness (QED) is 0.631. The topological polar surface area (TPSA) is 43.4 Å². The van der Waals surface area contributed by atoms with Crippen molar-refractivity contribution < 1.29 is 14.3 Å². The van der Waals surface area contributed by atoms with Crippen LogP contribution in [0.3, 0.4) is 0 Å². The summed E-state index contributed by atoms with van der Waals surface area (Å²) in [6.45, 7) is 1.88. The van der Waals surface area contributed by atoms with Gasteiger partial charge < -0.3 is 4.74 Å². The third-order valence-electron chi connectivity index (χ3n) is 3.57. The molecular formula is C17H14O3. The summed E-state index contributed by atoms with van der Waals surface area (Å²) in [5.41, 5.74) is 2.96. The highest BCUT2D eigenvalue weighted by molar-refractivity contribution is 5.99. The molecule has 20 heavy (non-hydrogen) atoms. The molecule has 3 rings (SSSR count). The van der Waals surface area contributed by atoms with E-state index in [9.17, 15) is 9.59 Å². The fourth-order valence-corrected chi connectivity index (χ4v) is 2.55. The van der Waals surface area contributed by atoms with Gasteiger partial charge in [-0.1, -0.05) is 48.5 Å². The standard InChI is InChI=1S/C17H14O3/c1-11-6-5-9-13-15(20-17(19)16(11)13)10-14(18)12-7-3-2-4-8-12/h2-9,15H,10H2,1H3/t15-/m1/s1.